The quantitative estimate of drug-likeness (QED) is 0.616. The van der Waals surface area contributed by atoms with E-state index >= 15 is 0 Å². The van der Waals surface area contributed by atoms with Crippen LogP contribution in [0.3, 0.4) is 0 Å². The molecule has 2 rings (SSSR count). The van der Waals surface area contributed by atoms with E-state index in [1.165, 1.54) is 6.42 Å². The van der Waals surface area contributed by atoms with Crippen molar-refractivity contribution in [1.82, 2.24) is 4.90 Å². The molecule has 3 heteroatoms. The van der Waals surface area contributed by atoms with Gasteiger partial charge in [0.05, 0.1) is 5.88 Å². The predicted molar refractivity (Wildman–Crippen MR) is 51.0 cm³/mol. The summed E-state index contributed by atoms with van der Waals surface area (Å²) in [6.45, 7) is 0.945. The molecule has 0 saturated carbocycles. The molecule has 1 fully saturated rings. The summed E-state index contributed by atoms with van der Waals surface area (Å²) in [7, 11) is 0. The van der Waals surface area contributed by atoms with Gasteiger partial charge >= 0.3 is 0 Å². The van der Waals surface area contributed by atoms with Crippen LogP contribution in [0, 0.1) is 0 Å². The van der Waals surface area contributed by atoms with Gasteiger partial charge in [0.25, 0.3) is 0 Å². The number of carbonyl (C=O) groups is 1. The lowest BCUT2D eigenvalue weighted by Crippen LogP contribution is -2.28. The third-order valence-corrected chi connectivity index (χ3v) is 3.32. The Bertz CT molecular complexity index is 219. The van der Waals surface area contributed by atoms with Crippen LogP contribution in [0.15, 0.2) is 11.6 Å². The number of nitrogens with zero attached hydrogens (tertiary/aromatic N) is 1. The first-order valence-corrected chi connectivity index (χ1v) is 5.59. The van der Waals surface area contributed by atoms with Gasteiger partial charge in [-0.15, -0.1) is 11.8 Å². The van der Waals surface area contributed by atoms with Crippen LogP contribution in [-0.4, -0.2) is 29.0 Å². The van der Waals surface area contributed by atoms with Gasteiger partial charge in [-0.2, -0.15) is 0 Å². The van der Waals surface area contributed by atoms with Crippen LogP contribution in [0.1, 0.15) is 19.3 Å². The number of thioether (sulfide) groups is 1. The standard InChI is InChI=1S/C9H13NOS/c11-9(8-3-1-2-4-8)10-5-6-12-7-10/h3H,1-2,4-7H2. The SMILES string of the molecule is O=C(C1=CCCC1)N1CCSC1. The molecule has 0 bridgehead atoms. The van der Waals surface area contributed by atoms with Crippen molar-refractivity contribution in [3.05, 3.63) is 11.6 Å². The van der Waals surface area contributed by atoms with Crippen LogP contribution < -0.4 is 0 Å². The van der Waals surface area contributed by atoms with Crippen LogP contribution in [0.2, 0.25) is 0 Å². The molecule has 12 heavy (non-hydrogen) atoms. The molecule has 0 radical (unpaired) electrons. The molecule has 0 aromatic rings. The number of allylic oxidation sites excluding steroid dienone is 1. The molecular formula is C9H13NOS. The van der Waals surface area contributed by atoms with E-state index in [9.17, 15) is 4.79 Å². The summed E-state index contributed by atoms with van der Waals surface area (Å²) in [5.41, 5.74) is 1.05. The maximum atomic E-state index is 11.7. The molecule has 0 aromatic carbocycles. The molecule has 1 saturated heterocycles. The normalized spacial score (nSPS) is 23.0. The van der Waals surface area contributed by atoms with Gasteiger partial charge in [0.1, 0.15) is 0 Å². The second-order valence-electron chi connectivity index (χ2n) is 3.23. The van der Waals surface area contributed by atoms with Gasteiger partial charge in [-0.25, -0.2) is 0 Å². The lowest BCUT2D eigenvalue weighted by Gasteiger charge is -2.14. The molecule has 0 aromatic heterocycles. The molecule has 0 N–H and O–H groups in total. The second kappa shape index (κ2) is 3.52. The Labute approximate surface area is 77.0 Å². The molecule has 1 amide bonds. The van der Waals surface area contributed by atoms with Gasteiger partial charge in [-0.1, -0.05) is 6.08 Å². The Hall–Kier alpha value is -0.440. The molecule has 0 spiro atoms. The molecule has 0 atom stereocenters. The van der Waals surface area contributed by atoms with Crippen LogP contribution in [-0.2, 0) is 4.79 Å². The van der Waals surface area contributed by atoms with Gasteiger partial charge in [0.2, 0.25) is 5.91 Å². The Morgan fingerprint density at radius 3 is 3.08 bits per heavy atom. The molecular weight excluding hydrogens is 170 g/mol. The first-order valence-electron chi connectivity index (χ1n) is 4.44. The number of hydrogen-bond acceptors (Lipinski definition) is 2. The first-order chi connectivity index (χ1) is 5.88. The predicted octanol–water partition coefficient (Wildman–Crippen LogP) is 1.63. The van der Waals surface area contributed by atoms with Crippen molar-refractivity contribution >= 4 is 17.7 Å². The third-order valence-electron chi connectivity index (χ3n) is 2.36. The zero-order valence-corrected chi connectivity index (χ0v) is 7.90. The minimum absolute atomic E-state index is 0.289. The second-order valence-corrected chi connectivity index (χ2v) is 4.30. The number of hydrogen-bond donors (Lipinski definition) is 0. The fourth-order valence-electron chi connectivity index (χ4n) is 1.64. The van der Waals surface area contributed by atoms with Gasteiger partial charge in [0.15, 0.2) is 0 Å². The van der Waals surface area contributed by atoms with Crippen LogP contribution >= 0.6 is 11.8 Å². The molecule has 2 aliphatic rings. The van der Waals surface area contributed by atoms with E-state index in [-0.39, 0.29) is 5.91 Å². The van der Waals surface area contributed by atoms with Crippen molar-refractivity contribution in [2.24, 2.45) is 0 Å². The smallest absolute Gasteiger partial charge is 0.250 e. The molecule has 1 aliphatic heterocycles. The van der Waals surface area contributed by atoms with Gasteiger partial charge in [-0.05, 0) is 19.3 Å². The fraction of sp³-hybridized carbons (Fsp3) is 0.667. The molecule has 2 nitrogen and oxygen atoms in total. The van der Waals surface area contributed by atoms with Crippen LogP contribution in [0.25, 0.3) is 0 Å². The van der Waals surface area contributed by atoms with Crippen molar-refractivity contribution in [3.63, 3.8) is 0 Å². The van der Waals surface area contributed by atoms with Crippen molar-refractivity contribution in [3.8, 4) is 0 Å². The van der Waals surface area contributed by atoms with E-state index in [0.29, 0.717) is 0 Å². The Kier molecular flexibility index (Phi) is 2.40. The zero-order chi connectivity index (χ0) is 8.39. The van der Waals surface area contributed by atoms with Gasteiger partial charge < -0.3 is 4.90 Å². The lowest BCUT2D eigenvalue weighted by atomic mass is 10.2. The molecule has 0 unspecified atom stereocenters. The largest absolute Gasteiger partial charge is 0.329 e. The van der Waals surface area contributed by atoms with E-state index in [0.717, 1.165) is 36.6 Å². The highest BCUT2D eigenvalue weighted by Crippen LogP contribution is 2.22. The minimum Gasteiger partial charge on any atom is -0.329 e. The maximum absolute atomic E-state index is 11.7. The fourth-order valence-corrected chi connectivity index (χ4v) is 2.59. The van der Waals surface area contributed by atoms with Gasteiger partial charge in [-0.3, -0.25) is 4.79 Å². The first kappa shape index (κ1) is 8.17. The highest BCUT2D eigenvalue weighted by molar-refractivity contribution is 7.99. The number of amides is 1. The van der Waals surface area contributed by atoms with Crippen LogP contribution in [0.4, 0.5) is 0 Å². The summed E-state index contributed by atoms with van der Waals surface area (Å²) in [4.78, 5) is 13.7. The Morgan fingerprint density at radius 2 is 2.50 bits per heavy atom. The van der Waals surface area contributed by atoms with Crippen molar-refractivity contribution < 1.29 is 4.79 Å². The highest BCUT2D eigenvalue weighted by atomic mass is 32.2. The summed E-state index contributed by atoms with van der Waals surface area (Å²) in [5.74, 6) is 2.30. The van der Waals surface area contributed by atoms with E-state index in [1.807, 2.05) is 16.7 Å². The van der Waals surface area contributed by atoms with Crippen molar-refractivity contribution in [1.29, 1.82) is 0 Å². The summed E-state index contributed by atoms with van der Waals surface area (Å²) in [6, 6.07) is 0. The van der Waals surface area contributed by atoms with E-state index in [1.54, 1.807) is 0 Å². The molecule has 1 aliphatic carbocycles. The van der Waals surface area contributed by atoms with Gasteiger partial charge in [0, 0.05) is 17.9 Å². The van der Waals surface area contributed by atoms with E-state index in [2.05, 4.69) is 6.08 Å². The topological polar surface area (TPSA) is 20.3 Å². The number of carbonyl (C=O) groups excluding carboxylic acids is 1. The molecule has 66 valence electrons. The highest BCUT2D eigenvalue weighted by Gasteiger charge is 2.22. The van der Waals surface area contributed by atoms with Crippen molar-refractivity contribution in [2.45, 2.75) is 19.3 Å². The monoisotopic (exact) mass is 183 g/mol. The molecule has 1 heterocycles. The van der Waals surface area contributed by atoms with E-state index < -0.39 is 0 Å². The number of rotatable bonds is 1. The average Bonchev–Trinajstić information content (AvgIpc) is 2.77. The minimum atomic E-state index is 0.289. The van der Waals surface area contributed by atoms with Crippen LogP contribution in [0.5, 0.6) is 0 Å². The zero-order valence-electron chi connectivity index (χ0n) is 7.08. The third kappa shape index (κ3) is 1.51. The lowest BCUT2D eigenvalue weighted by molar-refractivity contribution is -0.125. The summed E-state index contributed by atoms with van der Waals surface area (Å²) >= 11 is 1.85. The maximum Gasteiger partial charge on any atom is 0.250 e. The Morgan fingerprint density at radius 1 is 1.58 bits per heavy atom. The van der Waals surface area contributed by atoms with E-state index in [4.69, 9.17) is 0 Å². The van der Waals surface area contributed by atoms with Crippen molar-refractivity contribution in [2.75, 3.05) is 18.2 Å². The summed E-state index contributed by atoms with van der Waals surface area (Å²) in [5, 5.41) is 0. The summed E-state index contributed by atoms with van der Waals surface area (Å²) < 4.78 is 0. The Balaban J connectivity index is 1.98. The average molecular weight is 183 g/mol. The summed E-state index contributed by atoms with van der Waals surface area (Å²) in [6.07, 6.45) is 5.37.